The number of aliphatic hydroxyl groups excluding tert-OH is 1. The summed E-state index contributed by atoms with van der Waals surface area (Å²) in [7, 11) is 3.60. The molecular weight excluding hydrogens is 424 g/mol. The molecule has 0 radical (unpaired) electrons. The van der Waals surface area contributed by atoms with Crippen molar-refractivity contribution in [2.75, 3.05) is 32.5 Å². The molecule has 0 bridgehead atoms. The van der Waals surface area contributed by atoms with Crippen molar-refractivity contribution in [2.45, 2.75) is 25.6 Å². The van der Waals surface area contributed by atoms with Gasteiger partial charge in [0, 0.05) is 27.1 Å². The Morgan fingerprint density at radius 3 is 2.45 bits per heavy atom. The first kappa shape index (κ1) is 27.7. The minimum atomic E-state index is -0.489. The summed E-state index contributed by atoms with van der Waals surface area (Å²) in [4.78, 5) is 18.0. The summed E-state index contributed by atoms with van der Waals surface area (Å²) in [6.07, 6.45) is 1.19. The van der Waals surface area contributed by atoms with Gasteiger partial charge in [0.25, 0.3) is 0 Å². The summed E-state index contributed by atoms with van der Waals surface area (Å²) in [6.45, 7) is 1.73. The molecule has 0 saturated carbocycles. The maximum absolute atomic E-state index is 11.7. The molecule has 1 aromatic carbocycles. The molecule has 3 rings (SSSR count). The number of nitrogens with zero attached hydrogens (tertiary/aromatic N) is 3. The van der Waals surface area contributed by atoms with Crippen LogP contribution in [0.25, 0.3) is 0 Å². The van der Waals surface area contributed by atoms with E-state index in [1.54, 1.807) is 37.4 Å². The molecule has 1 aliphatic heterocycles. The number of hydrazine groups is 1. The van der Waals surface area contributed by atoms with E-state index >= 15 is 0 Å². The molecule has 0 spiro atoms. The Bertz CT molecular complexity index is 906. The number of nitrogens with two attached hydrogens (primary N) is 1. The van der Waals surface area contributed by atoms with Crippen molar-refractivity contribution >= 4 is 23.5 Å². The fraction of sp³-hybridized carbons (Fsp3) is 0.364. The van der Waals surface area contributed by atoms with E-state index in [9.17, 15) is 4.79 Å². The molecule has 0 unspecified atom stereocenters. The summed E-state index contributed by atoms with van der Waals surface area (Å²) in [5, 5.41) is 27.8. The number of amides is 1. The number of nitrogens with one attached hydrogen (secondary N) is 3. The van der Waals surface area contributed by atoms with Gasteiger partial charge in [0.05, 0.1) is 12.3 Å². The summed E-state index contributed by atoms with van der Waals surface area (Å²) >= 11 is 0. The zero-order valence-electron chi connectivity index (χ0n) is 19.1. The number of likely N-dealkylation sites (tertiary alicyclic amines) is 1. The fourth-order valence-corrected chi connectivity index (χ4v) is 2.94. The zero-order valence-corrected chi connectivity index (χ0v) is 19.1. The second kappa shape index (κ2) is 13.9. The minimum absolute atomic E-state index is 0. The van der Waals surface area contributed by atoms with Gasteiger partial charge in [-0.15, -0.1) is 0 Å². The maximum atomic E-state index is 11.7. The molecule has 2 heterocycles. The largest absolute Gasteiger partial charge is 0.446 e. The number of anilines is 1. The van der Waals surface area contributed by atoms with Gasteiger partial charge in [-0.3, -0.25) is 21.1 Å². The average Bonchev–Trinajstić information content (AvgIpc) is 2.80. The van der Waals surface area contributed by atoms with Crippen LogP contribution in [0.3, 0.4) is 0 Å². The number of rotatable bonds is 5. The molecule has 0 atom stereocenters. The highest BCUT2D eigenvalue weighted by Gasteiger charge is 2.20. The van der Waals surface area contributed by atoms with Gasteiger partial charge in [-0.2, -0.15) is 0 Å². The molecule has 1 saturated heterocycles. The van der Waals surface area contributed by atoms with Crippen LogP contribution in [0, 0.1) is 10.8 Å². The summed E-state index contributed by atoms with van der Waals surface area (Å²) < 4.78 is 5.34. The van der Waals surface area contributed by atoms with Crippen molar-refractivity contribution in [2.24, 2.45) is 5.84 Å². The van der Waals surface area contributed by atoms with E-state index in [2.05, 4.69) is 22.2 Å². The molecule has 0 aliphatic carbocycles. The normalized spacial score (nSPS) is 13.6. The third-order valence-corrected chi connectivity index (χ3v) is 4.79. The molecule has 11 heteroatoms. The summed E-state index contributed by atoms with van der Waals surface area (Å²) in [5.41, 5.74) is 1.34. The molecule has 1 fully saturated rings. The number of amidine groups is 1. The third-order valence-electron chi connectivity index (χ3n) is 4.79. The Balaban J connectivity index is 0.000000644. The number of aromatic nitrogens is 1. The first-order valence-electron chi connectivity index (χ1n) is 10.2. The van der Waals surface area contributed by atoms with Gasteiger partial charge < -0.3 is 20.9 Å². The van der Waals surface area contributed by atoms with Gasteiger partial charge in [-0.05, 0) is 32.0 Å². The second-order valence-electron chi connectivity index (χ2n) is 7.41. The first-order valence-corrected chi connectivity index (χ1v) is 10.2. The fourth-order valence-electron chi connectivity index (χ4n) is 2.94. The van der Waals surface area contributed by atoms with Crippen LogP contribution < -0.4 is 17.3 Å². The number of benzene rings is 1. The number of carbonyl (C=O) groups is 1. The summed E-state index contributed by atoms with van der Waals surface area (Å²) in [6, 6.07) is 14.2. The Morgan fingerprint density at radius 2 is 1.88 bits per heavy atom. The molecule has 2 aromatic rings. The molecule has 11 nitrogen and oxygen atoms in total. The SMILES string of the molecule is CN(N)C(=N)C(=N)c1ccccc1.CN1CCC(OC(=O)Nc2cccc(CO)n2)CC1.N.[HH]. The van der Waals surface area contributed by atoms with Crippen molar-refractivity contribution in [3.8, 4) is 0 Å². The third kappa shape index (κ3) is 9.33. The van der Waals surface area contributed by atoms with E-state index in [0.29, 0.717) is 17.1 Å². The summed E-state index contributed by atoms with van der Waals surface area (Å²) in [5.74, 6) is 5.74. The van der Waals surface area contributed by atoms with Crippen LogP contribution in [-0.2, 0) is 11.3 Å². The van der Waals surface area contributed by atoms with Gasteiger partial charge in [-0.25, -0.2) is 15.6 Å². The second-order valence-corrected chi connectivity index (χ2v) is 7.41. The van der Waals surface area contributed by atoms with Crippen LogP contribution in [-0.4, -0.2) is 70.9 Å². The number of ether oxygens (including phenoxy) is 1. The number of piperidine rings is 1. The van der Waals surface area contributed by atoms with Crippen molar-refractivity contribution in [1.29, 1.82) is 10.8 Å². The Hall–Kier alpha value is -3.38. The van der Waals surface area contributed by atoms with Gasteiger partial charge in [0.2, 0.25) is 0 Å². The van der Waals surface area contributed by atoms with Crippen LogP contribution in [0.15, 0.2) is 48.5 Å². The highest BCUT2D eigenvalue weighted by atomic mass is 16.6. The standard InChI is InChI=1S/C13H19N3O3.C9H12N4.H3N.H2/c1-16-7-5-11(6-8-16)19-13(18)15-12-4-2-3-10(9-17)14-12;1-13(12)9(11)8(10)7-5-3-2-4-6-7;;/h2-4,11,17H,5-9H2,1H3,(H,14,15,18);2-6,10-11H,12H2,1H3;1H3;1H. The average molecular weight is 461 g/mol. The van der Waals surface area contributed by atoms with E-state index in [-0.39, 0.29) is 31.8 Å². The predicted octanol–water partition coefficient (Wildman–Crippen LogP) is 2.46. The molecular formula is C22H36N8O3. The van der Waals surface area contributed by atoms with Crippen molar-refractivity contribution in [1.82, 2.24) is 21.0 Å². The number of hydrogen-bond donors (Lipinski definition) is 6. The van der Waals surface area contributed by atoms with E-state index in [1.165, 1.54) is 0 Å². The maximum Gasteiger partial charge on any atom is 0.413 e. The van der Waals surface area contributed by atoms with Crippen molar-refractivity contribution in [3.05, 3.63) is 59.8 Å². The first-order chi connectivity index (χ1) is 15.3. The lowest BCUT2D eigenvalue weighted by molar-refractivity contribution is 0.0661. The smallest absolute Gasteiger partial charge is 0.413 e. The number of pyridine rings is 1. The molecule has 33 heavy (non-hydrogen) atoms. The molecule has 182 valence electrons. The zero-order chi connectivity index (χ0) is 23.5. The topological polar surface area (TPSA) is 187 Å². The Morgan fingerprint density at radius 1 is 1.24 bits per heavy atom. The van der Waals surface area contributed by atoms with Crippen LogP contribution in [0.2, 0.25) is 0 Å². The monoisotopic (exact) mass is 460 g/mol. The van der Waals surface area contributed by atoms with Crippen molar-refractivity contribution in [3.63, 3.8) is 0 Å². The van der Waals surface area contributed by atoms with Gasteiger partial charge in [0.1, 0.15) is 17.6 Å². The number of likely N-dealkylation sites (N-methyl/N-ethyl adjacent to an activating group) is 1. The van der Waals surface area contributed by atoms with Gasteiger partial charge in [-0.1, -0.05) is 36.4 Å². The number of hydrogen-bond acceptors (Lipinski definition) is 9. The molecule has 1 aliphatic rings. The molecule has 1 amide bonds. The lowest BCUT2D eigenvalue weighted by atomic mass is 10.1. The van der Waals surface area contributed by atoms with Crippen molar-refractivity contribution < 1.29 is 16.1 Å². The lowest BCUT2D eigenvalue weighted by Crippen LogP contribution is -2.37. The quantitative estimate of drug-likeness (QED) is 0.170. The predicted molar refractivity (Wildman–Crippen MR) is 131 cm³/mol. The van der Waals surface area contributed by atoms with E-state index < -0.39 is 6.09 Å². The van der Waals surface area contributed by atoms with Crippen LogP contribution in [0.4, 0.5) is 10.6 Å². The molecule has 9 N–H and O–H groups in total. The molecule has 1 aromatic heterocycles. The van der Waals surface area contributed by atoms with Gasteiger partial charge in [0.15, 0.2) is 5.84 Å². The number of carbonyl (C=O) groups excluding carboxylic acids is 1. The minimum Gasteiger partial charge on any atom is -0.446 e. The Kier molecular flexibility index (Phi) is 11.7. The highest BCUT2D eigenvalue weighted by molar-refractivity contribution is 6.44. The highest BCUT2D eigenvalue weighted by Crippen LogP contribution is 2.13. The van der Waals surface area contributed by atoms with Crippen LogP contribution in [0.5, 0.6) is 0 Å². The van der Waals surface area contributed by atoms with E-state index in [1.807, 2.05) is 18.2 Å². The number of aliphatic hydroxyl groups is 1. The lowest BCUT2D eigenvalue weighted by Gasteiger charge is -2.28. The van der Waals surface area contributed by atoms with Crippen LogP contribution in [0.1, 0.15) is 25.5 Å². The Labute approximate surface area is 195 Å². The van der Waals surface area contributed by atoms with E-state index in [0.717, 1.165) is 30.9 Å². The van der Waals surface area contributed by atoms with Gasteiger partial charge >= 0.3 is 6.09 Å². The van der Waals surface area contributed by atoms with E-state index in [4.69, 9.17) is 26.5 Å². The van der Waals surface area contributed by atoms with Crippen LogP contribution >= 0.6 is 0 Å².